The molecule has 0 aliphatic carbocycles. The van der Waals surface area contributed by atoms with E-state index >= 15 is 0 Å². The van der Waals surface area contributed by atoms with E-state index in [0.717, 1.165) is 18.7 Å². The first-order chi connectivity index (χ1) is 9.38. The lowest BCUT2D eigenvalue weighted by Gasteiger charge is -2.15. The predicted octanol–water partition coefficient (Wildman–Crippen LogP) is 2.07. The third kappa shape index (κ3) is 3.47. The predicted molar refractivity (Wildman–Crippen MR) is 64.2 cm³/mol. The maximum atomic E-state index is 12.9. The van der Waals surface area contributed by atoms with Crippen molar-refractivity contribution in [1.82, 2.24) is 10.6 Å². The SMILES string of the molecule is O=C(NCc1ccc(F)cc1C(F)(F)F)C1CCNC1. The van der Waals surface area contributed by atoms with E-state index in [9.17, 15) is 22.4 Å². The van der Waals surface area contributed by atoms with Gasteiger partial charge >= 0.3 is 6.18 Å². The van der Waals surface area contributed by atoms with Crippen molar-refractivity contribution in [2.24, 2.45) is 5.92 Å². The molecule has 1 heterocycles. The third-order valence-electron chi connectivity index (χ3n) is 3.26. The molecule has 2 N–H and O–H groups in total. The van der Waals surface area contributed by atoms with Crippen molar-refractivity contribution in [3.63, 3.8) is 0 Å². The first-order valence-electron chi connectivity index (χ1n) is 6.22. The molecule has 1 saturated heterocycles. The van der Waals surface area contributed by atoms with Crippen LogP contribution < -0.4 is 10.6 Å². The highest BCUT2D eigenvalue weighted by Crippen LogP contribution is 2.32. The van der Waals surface area contributed by atoms with Crippen molar-refractivity contribution >= 4 is 5.91 Å². The summed E-state index contributed by atoms with van der Waals surface area (Å²) in [7, 11) is 0. The largest absolute Gasteiger partial charge is 0.416 e. The average Bonchev–Trinajstić information content (AvgIpc) is 2.89. The van der Waals surface area contributed by atoms with Crippen LogP contribution in [0.1, 0.15) is 17.5 Å². The molecular formula is C13H14F4N2O. The summed E-state index contributed by atoms with van der Waals surface area (Å²) in [6, 6.07) is 2.44. The first-order valence-corrected chi connectivity index (χ1v) is 6.22. The van der Waals surface area contributed by atoms with E-state index in [-0.39, 0.29) is 23.9 Å². The van der Waals surface area contributed by atoms with Gasteiger partial charge < -0.3 is 10.6 Å². The monoisotopic (exact) mass is 290 g/mol. The number of hydrogen-bond acceptors (Lipinski definition) is 2. The molecule has 1 aliphatic rings. The van der Waals surface area contributed by atoms with Crippen molar-refractivity contribution in [2.45, 2.75) is 19.1 Å². The highest BCUT2D eigenvalue weighted by atomic mass is 19.4. The normalized spacial score (nSPS) is 19.1. The Hall–Kier alpha value is -1.63. The zero-order valence-corrected chi connectivity index (χ0v) is 10.6. The van der Waals surface area contributed by atoms with Gasteiger partial charge in [0, 0.05) is 13.1 Å². The highest BCUT2D eigenvalue weighted by molar-refractivity contribution is 5.79. The lowest BCUT2D eigenvalue weighted by Crippen LogP contribution is -2.32. The van der Waals surface area contributed by atoms with Crippen LogP contribution in [-0.2, 0) is 17.5 Å². The molecule has 1 aromatic carbocycles. The van der Waals surface area contributed by atoms with E-state index in [1.807, 2.05) is 0 Å². The smallest absolute Gasteiger partial charge is 0.352 e. The minimum atomic E-state index is -4.64. The maximum absolute atomic E-state index is 12.9. The summed E-state index contributed by atoms with van der Waals surface area (Å²) in [4.78, 5) is 11.7. The van der Waals surface area contributed by atoms with Gasteiger partial charge in [0.25, 0.3) is 0 Å². The molecule has 7 heteroatoms. The van der Waals surface area contributed by atoms with Crippen LogP contribution in [0.4, 0.5) is 17.6 Å². The minimum absolute atomic E-state index is 0.141. The summed E-state index contributed by atoms with van der Waals surface area (Å²) >= 11 is 0. The highest BCUT2D eigenvalue weighted by Gasteiger charge is 2.34. The van der Waals surface area contributed by atoms with E-state index in [1.54, 1.807) is 0 Å². The van der Waals surface area contributed by atoms with Gasteiger partial charge in [0.05, 0.1) is 11.5 Å². The molecule has 2 rings (SSSR count). The van der Waals surface area contributed by atoms with Crippen LogP contribution in [0.5, 0.6) is 0 Å². The van der Waals surface area contributed by atoms with Crippen LogP contribution in [0.25, 0.3) is 0 Å². The number of carbonyl (C=O) groups excluding carboxylic acids is 1. The molecule has 0 saturated carbocycles. The quantitative estimate of drug-likeness (QED) is 0.837. The first kappa shape index (κ1) is 14.8. The number of rotatable bonds is 3. The van der Waals surface area contributed by atoms with Gasteiger partial charge in [0.2, 0.25) is 5.91 Å². The van der Waals surface area contributed by atoms with Crippen molar-refractivity contribution in [1.29, 1.82) is 0 Å². The zero-order chi connectivity index (χ0) is 14.8. The van der Waals surface area contributed by atoms with E-state index < -0.39 is 17.6 Å². The fourth-order valence-electron chi connectivity index (χ4n) is 2.17. The Balaban J connectivity index is 2.07. The maximum Gasteiger partial charge on any atom is 0.416 e. The molecule has 0 aromatic heterocycles. The Morgan fingerprint density at radius 2 is 2.15 bits per heavy atom. The van der Waals surface area contributed by atoms with Crippen molar-refractivity contribution < 1.29 is 22.4 Å². The molecule has 1 aromatic rings. The van der Waals surface area contributed by atoms with Crippen LogP contribution in [0, 0.1) is 11.7 Å². The van der Waals surface area contributed by atoms with Gasteiger partial charge in [-0.05, 0) is 30.7 Å². The lowest BCUT2D eigenvalue weighted by atomic mass is 10.1. The molecular weight excluding hydrogens is 276 g/mol. The molecule has 3 nitrogen and oxygen atoms in total. The minimum Gasteiger partial charge on any atom is -0.352 e. The second-order valence-electron chi connectivity index (χ2n) is 4.71. The van der Waals surface area contributed by atoms with E-state index in [1.165, 1.54) is 0 Å². The number of benzene rings is 1. The van der Waals surface area contributed by atoms with Gasteiger partial charge in [-0.15, -0.1) is 0 Å². The second kappa shape index (κ2) is 5.78. The van der Waals surface area contributed by atoms with Crippen molar-refractivity contribution in [3.8, 4) is 0 Å². The number of amides is 1. The Kier molecular flexibility index (Phi) is 4.27. The Bertz CT molecular complexity index is 496. The van der Waals surface area contributed by atoms with E-state index in [0.29, 0.717) is 19.0 Å². The Labute approximate surface area is 113 Å². The van der Waals surface area contributed by atoms with Crippen LogP contribution in [0.2, 0.25) is 0 Å². The number of alkyl halides is 3. The fraction of sp³-hybridized carbons (Fsp3) is 0.462. The van der Waals surface area contributed by atoms with Gasteiger partial charge in [0.15, 0.2) is 0 Å². The summed E-state index contributed by atoms with van der Waals surface area (Å²) in [6.45, 7) is 0.994. The fourth-order valence-corrected chi connectivity index (χ4v) is 2.17. The number of halogens is 4. The topological polar surface area (TPSA) is 41.1 Å². The summed E-state index contributed by atoms with van der Waals surface area (Å²) < 4.78 is 51.2. The molecule has 1 aliphatic heterocycles. The van der Waals surface area contributed by atoms with Gasteiger partial charge in [-0.3, -0.25) is 4.79 Å². The molecule has 20 heavy (non-hydrogen) atoms. The molecule has 1 atom stereocenters. The molecule has 110 valence electrons. The van der Waals surface area contributed by atoms with E-state index in [2.05, 4.69) is 10.6 Å². The number of nitrogens with one attached hydrogen (secondary N) is 2. The van der Waals surface area contributed by atoms with Crippen molar-refractivity contribution in [2.75, 3.05) is 13.1 Å². The summed E-state index contributed by atoms with van der Waals surface area (Å²) in [5, 5.41) is 5.48. The standard InChI is InChI=1S/C13H14F4N2O/c14-10-2-1-8(11(5-10)13(15,16)17)7-19-12(20)9-3-4-18-6-9/h1-2,5,9,18H,3-4,6-7H2,(H,19,20). The number of hydrogen-bond donors (Lipinski definition) is 2. The lowest BCUT2D eigenvalue weighted by molar-refractivity contribution is -0.138. The van der Waals surface area contributed by atoms with Crippen LogP contribution in [0.3, 0.4) is 0 Å². The summed E-state index contributed by atoms with van der Waals surface area (Å²) in [5.74, 6) is -1.45. The number of carbonyl (C=O) groups is 1. The van der Waals surface area contributed by atoms with E-state index in [4.69, 9.17) is 0 Å². The molecule has 1 unspecified atom stereocenters. The van der Waals surface area contributed by atoms with Crippen LogP contribution in [-0.4, -0.2) is 19.0 Å². The molecule has 0 spiro atoms. The second-order valence-corrected chi connectivity index (χ2v) is 4.71. The van der Waals surface area contributed by atoms with Crippen LogP contribution in [0.15, 0.2) is 18.2 Å². The Morgan fingerprint density at radius 1 is 1.40 bits per heavy atom. The third-order valence-corrected chi connectivity index (χ3v) is 3.26. The Morgan fingerprint density at radius 3 is 2.75 bits per heavy atom. The van der Waals surface area contributed by atoms with Gasteiger partial charge in [-0.1, -0.05) is 6.07 Å². The van der Waals surface area contributed by atoms with Gasteiger partial charge in [-0.2, -0.15) is 13.2 Å². The van der Waals surface area contributed by atoms with Gasteiger partial charge in [-0.25, -0.2) is 4.39 Å². The van der Waals surface area contributed by atoms with Gasteiger partial charge in [0.1, 0.15) is 5.82 Å². The summed E-state index contributed by atoms with van der Waals surface area (Å²) in [6.07, 6.45) is -3.97. The zero-order valence-electron chi connectivity index (χ0n) is 10.6. The van der Waals surface area contributed by atoms with Crippen molar-refractivity contribution in [3.05, 3.63) is 35.1 Å². The molecule has 0 radical (unpaired) electrons. The molecule has 0 bridgehead atoms. The van der Waals surface area contributed by atoms with Crippen LogP contribution >= 0.6 is 0 Å². The average molecular weight is 290 g/mol. The molecule has 1 amide bonds. The molecule has 1 fully saturated rings. The summed E-state index contributed by atoms with van der Waals surface area (Å²) in [5.41, 5.74) is -1.19.